The summed E-state index contributed by atoms with van der Waals surface area (Å²) in [5.41, 5.74) is 5.25. The topological polar surface area (TPSA) is 101 Å². The number of aromatic amines is 1. The van der Waals surface area contributed by atoms with Crippen LogP contribution in [0.5, 0.6) is 0 Å². The Morgan fingerprint density at radius 2 is 2.47 bits per heavy atom. The van der Waals surface area contributed by atoms with E-state index in [0.717, 1.165) is 4.88 Å². The van der Waals surface area contributed by atoms with E-state index in [0.29, 0.717) is 16.8 Å². The molecule has 7 heteroatoms. The van der Waals surface area contributed by atoms with Crippen molar-refractivity contribution in [2.45, 2.75) is 19.5 Å². The fourth-order valence-corrected chi connectivity index (χ4v) is 2.28. The van der Waals surface area contributed by atoms with Crippen molar-refractivity contribution in [3.8, 4) is 0 Å². The van der Waals surface area contributed by atoms with Crippen molar-refractivity contribution in [3.63, 3.8) is 0 Å². The Morgan fingerprint density at radius 3 is 3.12 bits per heavy atom. The SMILES string of the molecule is CC(N)C(=O)NCc1cc2c(=O)[nH]cnc2s1. The van der Waals surface area contributed by atoms with Gasteiger partial charge in [0.05, 0.1) is 24.3 Å². The van der Waals surface area contributed by atoms with Crippen LogP contribution in [-0.2, 0) is 11.3 Å². The minimum atomic E-state index is -0.536. The summed E-state index contributed by atoms with van der Waals surface area (Å²) in [4.78, 5) is 30.8. The van der Waals surface area contributed by atoms with E-state index < -0.39 is 6.04 Å². The summed E-state index contributed by atoms with van der Waals surface area (Å²) < 4.78 is 0. The van der Waals surface area contributed by atoms with Crippen molar-refractivity contribution in [1.29, 1.82) is 0 Å². The average molecular weight is 252 g/mol. The number of nitrogens with zero attached hydrogens (tertiary/aromatic N) is 1. The molecule has 1 atom stereocenters. The summed E-state index contributed by atoms with van der Waals surface area (Å²) >= 11 is 1.38. The molecule has 6 nitrogen and oxygen atoms in total. The van der Waals surface area contributed by atoms with Gasteiger partial charge in [-0.2, -0.15) is 0 Å². The predicted octanol–water partition coefficient (Wildman–Crippen LogP) is -0.0520. The highest BCUT2D eigenvalue weighted by Gasteiger charge is 2.09. The Morgan fingerprint density at radius 1 is 1.71 bits per heavy atom. The predicted molar refractivity (Wildman–Crippen MR) is 65.7 cm³/mol. The maximum Gasteiger partial charge on any atom is 0.259 e. The van der Waals surface area contributed by atoms with Crippen LogP contribution < -0.4 is 16.6 Å². The monoisotopic (exact) mass is 252 g/mol. The summed E-state index contributed by atoms with van der Waals surface area (Å²) in [5, 5.41) is 3.23. The van der Waals surface area contributed by atoms with E-state index in [1.807, 2.05) is 0 Å². The second kappa shape index (κ2) is 4.64. The number of aromatic nitrogens is 2. The van der Waals surface area contributed by atoms with Crippen LogP contribution in [-0.4, -0.2) is 21.9 Å². The molecule has 0 bridgehead atoms. The Kier molecular flexibility index (Phi) is 3.21. The fraction of sp³-hybridized carbons (Fsp3) is 0.300. The van der Waals surface area contributed by atoms with E-state index in [-0.39, 0.29) is 11.5 Å². The molecule has 1 amide bonds. The van der Waals surface area contributed by atoms with Gasteiger partial charge in [0.1, 0.15) is 4.83 Å². The van der Waals surface area contributed by atoms with Gasteiger partial charge in [0, 0.05) is 4.88 Å². The first kappa shape index (κ1) is 11.7. The average Bonchev–Trinajstić information content (AvgIpc) is 2.70. The summed E-state index contributed by atoms with van der Waals surface area (Å²) in [6.07, 6.45) is 1.37. The number of nitrogens with two attached hydrogens (primary N) is 1. The van der Waals surface area contributed by atoms with Crippen LogP contribution in [0, 0.1) is 0 Å². The zero-order valence-electron chi connectivity index (χ0n) is 9.19. The van der Waals surface area contributed by atoms with Crippen LogP contribution in [0.1, 0.15) is 11.8 Å². The second-order valence-corrected chi connectivity index (χ2v) is 4.78. The summed E-state index contributed by atoms with van der Waals surface area (Å²) in [7, 11) is 0. The van der Waals surface area contributed by atoms with Gasteiger partial charge in [0.15, 0.2) is 0 Å². The number of carbonyl (C=O) groups excluding carboxylic acids is 1. The van der Waals surface area contributed by atoms with Crippen molar-refractivity contribution in [2.24, 2.45) is 5.73 Å². The van der Waals surface area contributed by atoms with Crippen LogP contribution in [0.4, 0.5) is 0 Å². The molecule has 0 aromatic carbocycles. The highest BCUT2D eigenvalue weighted by atomic mass is 32.1. The molecule has 2 rings (SSSR count). The van der Waals surface area contributed by atoms with Gasteiger partial charge in [0.25, 0.3) is 5.56 Å². The van der Waals surface area contributed by atoms with Gasteiger partial charge in [-0.3, -0.25) is 9.59 Å². The number of H-pyrrole nitrogens is 1. The molecule has 0 aliphatic heterocycles. The Bertz CT molecular complexity index is 602. The van der Waals surface area contributed by atoms with E-state index in [1.165, 1.54) is 17.7 Å². The molecule has 0 fully saturated rings. The lowest BCUT2D eigenvalue weighted by molar-refractivity contribution is -0.122. The van der Waals surface area contributed by atoms with E-state index in [4.69, 9.17) is 5.73 Å². The van der Waals surface area contributed by atoms with Crippen molar-refractivity contribution >= 4 is 27.5 Å². The van der Waals surface area contributed by atoms with E-state index in [2.05, 4.69) is 15.3 Å². The smallest absolute Gasteiger partial charge is 0.259 e. The standard InChI is InChI=1S/C10H12N4O2S/c1-5(11)8(15)12-3-6-2-7-9(16)13-4-14-10(7)17-6/h2,4-5H,3,11H2,1H3,(H,12,15)(H,13,14,16). The molecule has 0 saturated heterocycles. The number of nitrogens with one attached hydrogen (secondary N) is 2. The molecule has 0 radical (unpaired) electrons. The van der Waals surface area contributed by atoms with Gasteiger partial charge in [-0.1, -0.05) is 0 Å². The van der Waals surface area contributed by atoms with Gasteiger partial charge < -0.3 is 16.0 Å². The molecule has 17 heavy (non-hydrogen) atoms. The maximum absolute atomic E-state index is 11.4. The van der Waals surface area contributed by atoms with Crippen LogP contribution in [0.2, 0.25) is 0 Å². The molecule has 90 valence electrons. The number of rotatable bonds is 3. The summed E-state index contributed by atoms with van der Waals surface area (Å²) in [5.74, 6) is -0.218. The molecular weight excluding hydrogens is 240 g/mol. The molecule has 0 aliphatic carbocycles. The second-order valence-electron chi connectivity index (χ2n) is 3.67. The number of carbonyl (C=O) groups is 1. The fourth-order valence-electron chi connectivity index (χ4n) is 1.34. The number of hydrogen-bond acceptors (Lipinski definition) is 5. The first-order valence-electron chi connectivity index (χ1n) is 5.07. The Hall–Kier alpha value is -1.73. The van der Waals surface area contributed by atoms with Gasteiger partial charge in [0.2, 0.25) is 5.91 Å². The molecule has 4 N–H and O–H groups in total. The summed E-state index contributed by atoms with van der Waals surface area (Å²) in [6.45, 7) is 1.98. The van der Waals surface area contributed by atoms with E-state index in [9.17, 15) is 9.59 Å². The first-order valence-corrected chi connectivity index (χ1v) is 5.89. The van der Waals surface area contributed by atoms with Crippen LogP contribution in [0.15, 0.2) is 17.2 Å². The highest BCUT2D eigenvalue weighted by Crippen LogP contribution is 2.19. The van der Waals surface area contributed by atoms with Gasteiger partial charge in [-0.05, 0) is 13.0 Å². The van der Waals surface area contributed by atoms with Gasteiger partial charge >= 0.3 is 0 Å². The Balaban J connectivity index is 2.18. The molecule has 2 heterocycles. The number of hydrogen-bond donors (Lipinski definition) is 3. The number of thiophene rings is 1. The molecule has 2 aromatic rings. The van der Waals surface area contributed by atoms with Crippen LogP contribution >= 0.6 is 11.3 Å². The molecule has 0 spiro atoms. The van der Waals surface area contributed by atoms with Crippen molar-refractivity contribution in [3.05, 3.63) is 27.6 Å². The normalized spacial score (nSPS) is 12.6. The largest absolute Gasteiger partial charge is 0.350 e. The molecule has 1 unspecified atom stereocenters. The third-order valence-electron chi connectivity index (χ3n) is 2.24. The first-order chi connectivity index (χ1) is 8.08. The maximum atomic E-state index is 11.4. The minimum absolute atomic E-state index is 0.170. The van der Waals surface area contributed by atoms with Crippen molar-refractivity contribution in [2.75, 3.05) is 0 Å². The van der Waals surface area contributed by atoms with E-state index >= 15 is 0 Å². The van der Waals surface area contributed by atoms with Gasteiger partial charge in [-0.15, -0.1) is 11.3 Å². The molecule has 2 aromatic heterocycles. The zero-order chi connectivity index (χ0) is 12.4. The molecular formula is C10H12N4O2S. The molecule has 0 saturated carbocycles. The zero-order valence-corrected chi connectivity index (χ0v) is 10.0. The Labute approximate surface area is 101 Å². The number of amides is 1. The van der Waals surface area contributed by atoms with Crippen LogP contribution in [0.25, 0.3) is 10.2 Å². The lowest BCUT2D eigenvalue weighted by Gasteiger charge is -2.05. The lowest BCUT2D eigenvalue weighted by Crippen LogP contribution is -2.37. The van der Waals surface area contributed by atoms with E-state index in [1.54, 1.807) is 13.0 Å². The van der Waals surface area contributed by atoms with Crippen LogP contribution in [0.3, 0.4) is 0 Å². The van der Waals surface area contributed by atoms with Crippen molar-refractivity contribution in [1.82, 2.24) is 15.3 Å². The lowest BCUT2D eigenvalue weighted by atomic mass is 10.3. The summed E-state index contributed by atoms with van der Waals surface area (Å²) in [6, 6.07) is 1.19. The van der Waals surface area contributed by atoms with Gasteiger partial charge in [-0.25, -0.2) is 4.98 Å². The quantitative estimate of drug-likeness (QED) is 0.712. The van der Waals surface area contributed by atoms with Crippen molar-refractivity contribution < 1.29 is 4.79 Å². The number of fused-ring (bicyclic) bond motifs is 1. The highest BCUT2D eigenvalue weighted by molar-refractivity contribution is 7.18. The third-order valence-corrected chi connectivity index (χ3v) is 3.28. The molecule has 0 aliphatic rings. The third kappa shape index (κ3) is 2.51. The minimum Gasteiger partial charge on any atom is -0.350 e.